The van der Waals surface area contributed by atoms with Crippen LogP contribution in [0.1, 0.15) is 32.8 Å². The van der Waals surface area contributed by atoms with Gasteiger partial charge in [-0.2, -0.15) is 0 Å². The van der Waals surface area contributed by atoms with Gasteiger partial charge in [-0.25, -0.2) is 4.79 Å². The van der Waals surface area contributed by atoms with E-state index in [1.165, 1.54) is 16.7 Å². The molecule has 1 amide bonds. The third-order valence-corrected chi connectivity index (χ3v) is 6.12. The Labute approximate surface area is 156 Å². The highest BCUT2D eigenvalue weighted by Gasteiger charge is 2.63. The zero-order valence-corrected chi connectivity index (χ0v) is 15.7. The normalized spacial score (nSPS) is 26.1. The van der Waals surface area contributed by atoms with Gasteiger partial charge in [-0.05, 0) is 31.5 Å². The van der Waals surface area contributed by atoms with Crippen LogP contribution in [0.5, 0.6) is 5.75 Å². The Morgan fingerprint density at radius 2 is 1.92 bits per heavy atom. The summed E-state index contributed by atoms with van der Waals surface area (Å²) in [6.07, 6.45) is 0.300. The molecule has 2 aliphatic rings. The van der Waals surface area contributed by atoms with Crippen molar-refractivity contribution in [1.29, 1.82) is 0 Å². The van der Waals surface area contributed by atoms with Gasteiger partial charge >= 0.3 is 11.9 Å². The van der Waals surface area contributed by atoms with Crippen LogP contribution in [-0.2, 0) is 25.7 Å². The number of fused-ring (bicyclic) bond motifs is 1. The molecule has 2 heterocycles. The second-order valence-electron chi connectivity index (χ2n) is 6.86. The average Bonchev–Trinajstić information content (AvgIpc) is 2.88. The van der Waals surface area contributed by atoms with Crippen molar-refractivity contribution in [1.82, 2.24) is 4.90 Å². The van der Waals surface area contributed by atoms with Crippen LogP contribution in [-0.4, -0.2) is 45.0 Å². The van der Waals surface area contributed by atoms with Gasteiger partial charge in [0.15, 0.2) is 0 Å². The topological polar surface area (TPSA) is 98.9 Å². The van der Waals surface area contributed by atoms with E-state index in [0.29, 0.717) is 12.2 Å². The Bertz CT molecular complexity index is 734. The number of nitrogens with two attached hydrogens (primary N) is 1. The Morgan fingerprint density at radius 1 is 1.27 bits per heavy atom. The minimum Gasteiger partial charge on any atom is -0.459 e. The first-order chi connectivity index (χ1) is 12.2. The SMILES string of the molecule is CCC(=O)Oc1ccc(COC(=O)C2N3C(=O)C(N)C3SC2(C)C)cc1. The maximum atomic E-state index is 12.6. The predicted molar refractivity (Wildman–Crippen MR) is 96.2 cm³/mol. The van der Waals surface area contributed by atoms with Gasteiger partial charge in [0.05, 0.1) is 0 Å². The molecule has 0 spiro atoms. The number of ether oxygens (including phenoxy) is 2. The molecule has 0 radical (unpaired) electrons. The highest BCUT2D eigenvalue weighted by Crippen LogP contribution is 2.50. The van der Waals surface area contributed by atoms with Crippen LogP contribution in [0.4, 0.5) is 0 Å². The Balaban J connectivity index is 1.60. The molecule has 2 aliphatic heterocycles. The first-order valence-corrected chi connectivity index (χ1v) is 9.34. The first-order valence-electron chi connectivity index (χ1n) is 8.46. The highest BCUT2D eigenvalue weighted by atomic mass is 32.2. The minimum absolute atomic E-state index is 0.0802. The number of thioether (sulfide) groups is 1. The molecule has 0 aliphatic carbocycles. The number of carbonyl (C=O) groups excluding carboxylic acids is 3. The molecule has 3 rings (SSSR count). The van der Waals surface area contributed by atoms with Gasteiger partial charge in [-0.3, -0.25) is 9.59 Å². The van der Waals surface area contributed by atoms with E-state index < -0.39 is 22.8 Å². The van der Waals surface area contributed by atoms with Crippen molar-refractivity contribution in [2.75, 3.05) is 0 Å². The van der Waals surface area contributed by atoms with E-state index in [1.54, 1.807) is 31.2 Å². The van der Waals surface area contributed by atoms with E-state index >= 15 is 0 Å². The summed E-state index contributed by atoms with van der Waals surface area (Å²) >= 11 is 1.53. The molecule has 0 aromatic heterocycles. The van der Waals surface area contributed by atoms with Crippen LogP contribution in [0.3, 0.4) is 0 Å². The summed E-state index contributed by atoms with van der Waals surface area (Å²) in [6.45, 7) is 5.63. The second kappa shape index (κ2) is 6.92. The largest absolute Gasteiger partial charge is 0.459 e. The number of esters is 2. The summed E-state index contributed by atoms with van der Waals surface area (Å²) < 4.78 is 10.1. The molecule has 2 saturated heterocycles. The zero-order chi connectivity index (χ0) is 19.1. The van der Waals surface area contributed by atoms with Crippen molar-refractivity contribution in [2.24, 2.45) is 5.73 Å². The van der Waals surface area contributed by atoms with Crippen molar-refractivity contribution in [2.45, 2.75) is 56.0 Å². The van der Waals surface area contributed by atoms with Gasteiger partial charge in [0.25, 0.3) is 0 Å². The first kappa shape index (κ1) is 18.7. The van der Waals surface area contributed by atoms with E-state index in [4.69, 9.17) is 15.2 Å². The van der Waals surface area contributed by atoms with Crippen LogP contribution in [0.25, 0.3) is 0 Å². The number of hydrogen-bond acceptors (Lipinski definition) is 7. The number of amides is 1. The van der Waals surface area contributed by atoms with Crippen molar-refractivity contribution in [3.8, 4) is 5.75 Å². The fraction of sp³-hybridized carbons (Fsp3) is 0.500. The Morgan fingerprint density at radius 3 is 2.54 bits per heavy atom. The van der Waals surface area contributed by atoms with Gasteiger partial charge in [0.1, 0.15) is 29.8 Å². The fourth-order valence-electron chi connectivity index (χ4n) is 3.11. The number of β-lactam (4-membered cyclic amide) rings is 1. The van der Waals surface area contributed by atoms with E-state index in [1.807, 2.05) is 13.8 Å². The molecule has 26 heavy (non-hydrogen) atoms. The molecule has 2 N–H and O–H groups in total. The van der Waals surface area contributed by atoms with Gasteiger partial charge < -0.3 is 20.1 Å². The lowest BCUT2D eigenvalue weighted by Gasteiger charge is -2.41. The van der Waals surface area contributed by atoms with Crippen LogP contribution >= 0.6 is 11.8 Å². The molecule has 0 bridgehead atoms. The molecular formula is C18H22N2O5S. The summed E-state index contributed by atoms with van der Waals surface area (Å²) in [6, 6.07) is 5.58. The van der Waals surface area contributed by atoms with Crippen LogP contribution in [0.2, 0.25) is 0 Å². The maximum Gasteiger partial charge on any atom is 0.330 e. The lowest BCUT2D eigenvalue weighted by molar-refractivity contribution is -0.163. The third kappa shape index (κ3) is 3.31. The van der Waals surface area contributed by atoms with Crippen molar-refractivity contribution >= 4 is 29.6 Å². The van der Waals surface area contributed by atoms with Gasteiger partial charge in [-0.1, -0.05) is 19.1 Å². The fourth-order valence-corrected chi connectivity index (χ4v) is 4.68. The van der Waals surface area contributed by atoms with Crippen LogP contribution < -0.4 is 10.5 Å². The van der Waals surface area contributed by atoms with Gasteiger partial charge in [0.2, 0.25) is 5.91 Å². The molecule has 7 nitrogen and oxygen atoms in total. The smallest absolute Gasteiger partial charge is 0.330 e. The van der Waals surface area contributed by atoms with E-state index in [-0.39, 0.29) is 23.9 Å². The number of rotatable bonds is 5. The monoisotopic (exact) mass is 378 g/mol. The summed E-state index contributed by atoms with van der Waals surface area (Å²) in [4.78, 5) is 37.4. The summed E-state index contributed by atoms with van der Waals surface area (Å²) in [5.74, 6) is -0.510. The average molecular weight is 378 g/mol. The molecule has 8 heteroatoms. The predicted octanol–water partition coefficient (Wildman–Crippen LogP) is 1.43. The summed E-state index contributed by atoms with van der Waals surface area (Å²) in [5.41, 5.74) is 6.58. The number of hydrogen-bond donors (Lipinski definition) is 1. The molecule has 0 saturated carbocycles. The lowest BCUT2D eigenvalue weighted by atomic mass is 9.96. The molecular weight excluding hydrogens is 356 g/mol. The highest BCUT2D eigenvalue weighted by molar-refractivity contribution is 8.01. The zero-order valence-electron chi connectivity index (χ0n) is 14.9. The number of nitrogens with zero attached hydrogens (tertiary/aromatic N) is 1. The van der Waals surface area contributed by atoms with Crippen LogP contribution in [0, 0.1) is 0 Å². The molecule has 3 unspecified atom stereocenters. The molecule has 3 atom stereocenters. The molecule has 1 aromatic carbocycles. The second-order valence-corrected chi connectivity index (χ2v) is 8.64. The van der Waals surface area contributed by atoms with E-state index in [2.05, 4.69) is 0 Å². The van der Waals surface area contributed by atoms with E-state index in [9.17, 15) is 14.4 Å². The summed E-state index contributed by atoms with van der Waals surface area (Å²) in [5, 5.41) is -0.164. The Hall–Kier alpha value is -2.06. The van der Waals surface area contributed by atoms with Crippen molar-refractivity contribution < 1.29 is 23.9 Å². The van der Waals surface area contributed by atoms with Gasteiger partial charge in [0, 0.05) is 11.2 Å². The van der Waals surface area contributed by atoms with Crippen molar-refractivity contribution in [3.05, 3.63) is 29.8 Å². The standard InChI is InChI=1S/C18H22N2O5S/c1-4-12(21)25-11-7-5-10(6-8-11)9-24-17(23)14-18(2,3)26-16-13(19)15(22)20(14)16/h5-8,13-14,16H,4,9,19H2,1-3H3. The Kier molecular flexibility index (Phi) is 4.98. The number of benzene rings is 1. The molecule has 1 aromatic rings. The van der Waals surface area contributed by atoms with Crippen LogP contribution in [0.15, 0.2) is 24.3 Å². The quantitative estimate of drug-likeness (QED) is 0.470. The lowest BCUT2D eigenvalue weighted by Crippen LogP contribution is -2.68. The third-order valence-electron chi connectivity index (χ3n) is 4.53. The maximum absolute atomic E-state index is 12.6. The van der Waals surface area contributed by atoms with Crippen molar-refractivity contribution in [3.63, 3.8) is 0 Å². The minimum atomic E-state index is -0.644. The molecule has 140 valence electrons. The summed E-state index contributed by atoms with van der Waals surface area (Å²) in [7, 11) is 0. The van der Waals surface area contributed by atoms with Gasteiger partial charge in [-0.15, -0.1) is 11.8 Å². The number of carbonyl (C=O) groups is 3. The molecule has 2 fully saturated rings. The van der Waals surface area contributed by atoms with E-state index in [0.717, 1.165) is 5.56 Å².